The summed E-state index contributed by atoms with van der Waals surface area (Å²) in [5.74, 6) is -0.439. The first-order chi connectivity index (χ1) is 19.7. The van der Waals surface area contributed by atoms with Crippen molar-refractivity contribution < 1.29 is 33.5 Å². The van der Waals surface area contributed by atoms with Gasteiger partial charge in [-0.15, -0.1) is 0 Å². The van der Waals surface area contributed by atoms with Crippen molar-refractivity contribution in [2.24, 2.45) is 0 Å². The Morgan fingerprint density at radius 1 is 1.12 bits per heavy atom. The van der Waals surface area contributed by atoms with E-state index >= 15 is 0 Å². The second-order valence-electron chi connectivity index (χ2n) is 10.7. The molecule has 3 aliphatic rings. The van der Waals surface area contributed by atoms with Gasteiger partial charge in [-0.1, -0.05) is 12.1 Å². The van der Waals surface area contributed by atoms with E-state index in [1.165, 1.54) is 6.07 Å². The average Bonchev–Trinajstić information content (AvgIpc) is 3.48. The Kier molecular flexibility index (Phi) is 8.12. The lowest BCUT2D eigenvalue weighted by Gasteiger charge is -2.37. The molecule has 216 valence electrons. The van der Waals surface area contributed by atoms with Crippen LogP contribution in [-0.4, -0.2) is 50.2 Å². The van der Waals surface area contributed by atoms with E-state index in [9.17, 15) is 19.7 Å². The van der Waals surface area contributed by atoms with Gasteiger partial charge in [0.05, 0.1) is 30.8 Å². The summed E-state index contributed by atoms with van der Waals surface area (Å²) in [6.07, 6.45) is 2.20. The topological polar surface area (TPSA) is 126 Å². The number of carbonyl (C=O) groups excluding carboxylic acids is 2. The van der Waals surface area contributed by atoms with Crippen LogP contribution in [0.3, 0.4) is 0 Å². The van der Waals surface area contributed by atoms with Gasteiger partial charge < -0.3 is 24.3 Å². The number of aryl methyl sites for hydroxylation is 1. The predicted molar refractivity (Wildman–Crippen MR) is 150 cm³/mol. The molecule has 10 nitrogen and oxygen atoms in total. The zero-order valence-corrected chi connectivity index (χ0v) is 23.7. The number of rotatable bonds is 8. The summed E-state index contributed by atoms with van der Waals surface area (Å²) < 4.78 is 22.3. The largest absolute Gasteiger partial charge is 0.497 e. The number of hydrogen-bond donors (Lipinski definition) is 1. The van der Waals surface area contributed by atoms with Crippen molar-refractivity contribution in [1.29, 1.82) is 0 Å². The van der Waals surface area contributed by atoms with Gasteiger partial charge in [-0.2, -0.15) is 0 Å². The van der Waals surface area contributed by atoms with Crippen LogP contribution in [0.4, 0.5) is 5.69 Å². The molecule has 5 rings (SSSR count). The highest BCUT2D eigenvalue weighted by atomic mass is 16.6. The van der Waals surface area contributed by atoms with Gasteiger partial charge in [-0.25, -0.2) is 4.79 Å². The third-order valence-corrected chi connectivity index (χ3v) is 8.11. The number of nitro benzene ring substituents is 1. The van der Waals surface area contributed by atoms with E-state index in [0.29, 0.717) is 52.6 Å². The van der Waals surface area contributed by atoms with Crippen molar-refractivity contribution >= 4 is 17.4 Å². The van der Waals surface area contributed by atoms with Gasteiger partial charge in [0.15, 0.2) is 5.78 Å². The highest BCUT2D eigenvalue weighted by Crippen LogP contribution is 2.48. The van der Waals surface area contributed by atoms with E-state index in [1.54, 1.807) is 46.3 Å². The van der Waals surface area contributed by atoms with Crippen LogP contribution < -0.4 is 14.8 Å². The van der Waals surface area contributed by atoms with Gasteiger partial charge in [-0.3, -0.25) is 14.9 Å². The maximum atomic E-state index is 14.0. The summed E-state index contributed by atoms with van der Waals surface area (Å²) in [6, 6.07) is 10.4. The minimum absolute atomic E-state index is 0.0739. The first-order valence-corrected chi connectivity index (χ1v) is 13.7. The van der Waals surface area contributed by atoms with Gasteiger partial charge in [0.2, 0.25) is 0 Å². The number of ketones is 1. The summed E-state index contributed by atoms with van der Waals surface area (Å²) in [5.41, 5.74) is 3.67. The number of nitro groups is 1. The molecule has 2 aromatic rings. The zero-order chi connectivity index (χ0) is 29.3. The van der Waals surface area contributed by atoms with E-state index in [1.807, 2.05) is 12.1 Å². The molecule has 2 aromatic carbocycles. The molecule has 41 heavy (non-hydrogen) atoms. The number of ether oxygens (including phenoxy) is 4. The van der Waals surface area contributed by atoms with Crippen molar-refractivity contribution in [2.75, 3.05) is 27.4 Å². The lowest BCUT2D eigenvalue weighted by Crippen LogP contribution is -2.36. The second kappa shape index (κ2) is 11.7. The van der Waals surface area contributed by atoms with Crippen molar-refractivity contribution in [3.63, 3.8) is 0 Å². The van der Waals surface area contributed by atoms with Crippen molar-refractivity contribution in [3.8, 4) is 11.5 Å². The molecular formula is C31H34N2O8. The van der Waals surface area contributed by atoms with Crippen molar-refractivity contribution in [2.45, 2.75) is 57.5 Å². The number of carbonyl (C=O) groups is 2. The van der Waals surface area contributed by atoms with Crippen LogP contribution in [-0.2, 0) is 19.1 Å². The second-order valence-corrected chi connectivity index (χ2v) is 10.7. The molecule has 1 aliphatic carbocycles. The summed E-state index contributed by atoms with van der Waals surface area (Å²) in [6.45, 7) is 4.16. The SMILES string of the molecule is COc1ccc(OC)c([C@H]2CC(=O)C3=C(C2)NC(C)=C(C(=O)OC[C@@H]2CCCO2)[C@@H]3c2ccc(C)c([N+](=O)[O-])c2)c1. The molecule has 0 amide bonds. The molecule has 0 radical (unpaired) electrons. The summed E-state index contributed by atoms with van der Waals surface area (Å²) >= 11 is 0. The maximum absolute atomic E-state index is 14.0. The smallest absolute Gasteiger partial charge is 0.336 e. The Bertz CT molecular complexity index is 1450. The molecule has 0 saturated carbocycles. The van der Waals surface area contributed by atoms with E-state index in [-0.39, 0.29) is 42.1 Å². The number of methoxy groups -OCH3 is 2. The lowest BCUT2D eigenvalue weighted by atomic mass is 9.71. The minimum Gasteiger partial charge on any atom is -0.497 e. The number of hydrogen-bond acceptors (Lipinski definition) is 9. The zero-order valence-electron chi connectivity index (χ0n) is 23.7. The third kappa shape index (κ3) is 5.56. The quantitative estimate of drug-likeness (QED) is 0.269. The van der Waals surface area contributed by atoms with Crippen LogP contribution in [0.25, 0.3) is 0 Å². The standard InChI is InChI=1S/C31H34N2O8/c1-17-7-8-19(13-25(17)33(36)37)29-28(31(35)41-16-22-6-5-11-40-22)18(2)32-24-12-20(14-26(34)30(24)29)23-15-21(38-3)9-10-27(23)39-4/h7-10,13,15,20,22,29,32H,5-6,11-12,14,16H2,1-4H3/t20-,22+,29+/m1/s1. The molecule has 1 fully saturated rings. The van der Waals surface area contributed by atoms with Crippen LogP contribution >= 0.6 is 0 Å². The molecule has 1 N–H and O–H groups in total. The number of benzene rings is 2. The summed E-state index contributed by atoms with van der Waals surface area (Å²) in [5, 5.41) is 15.1. The monoisotopic (exact) mass is 562 g/mol. The van der Waals surface area contributed by atoms with E-state index < -0.39 is 16.8 Å². The highest BCUT2D eigenvalue weighted by molar-refractivity contribution is 6.04. The number of nitrogens with zero attached hydrogens (tertiary/aromatic N) is 1. The van der Waals surface area contributed by atoms with Gasteiger partial charge in [0.25, 0.3) is 5.69 Å². The Balaban J connectivity index is 1.56. The van der Waals surface area contributed by atoms with Crippen LogP contribution in [0.15, 0.2) is 58.9 Å². The molecule has 0 aromatic heterocycles. The summed E-state index contributed by atoms with van der Waals surface area (Å²) in [4.78, 5) is 38.9. The van der Waals surface area contributed by atoms with E-state index in [2.05, 4.69) is 5.32 Å². The van der Waals surface area contributed by atoms with Gasteiger partial charge in [0, 0.05) is 59.0 Å². The van der Waals surface area contributed by atoms with E-state index in [0.717, 1.165) is 18.4 Å². The third-order valence-electron chi connectivity index (χ3n) is 8.11. The lowest BCUT2D eigenvalue weighted by molar-refractivity contribution is -0.385. The number of esters is 1. The molecular weight excluding hydrogens is 528 g/mol. The van der Waals surface area contributed by atoms with Gasteiger partial charge >= 0.3 is 5.97 Å². The molecule has 10 heteroatoms. The fourth-order valence-electron chi connectivity index (χ4n) is 6.05. The fraction of sp³-hybridized carbons (Fsp3) is 0.419. The molecule has 0 unspecified atom stereocenters. The van der Waals surface area contributed by atoms with Crippen LogP contribution in [0.5, 0.6) is 11.5 Å². The molecule has 0 spiro atoms. The highest BCUT2D eigenvalue weighted by Gasteiger charge is 2.42. The molecule has 3 atom stereocenters. The first-order valence-electron chi connectivity index (χ1n) is 13.7. The Hall–Kier alpha value is -4.18. The molecule has 1 saturated heterocycles. The average molecular weight is 563 g/mol. The number of nitrogens with one attached hydrogen (secondary N) is 1. The number of allylic oxidation sites excluding steroid dienone is 3. The normalized spacial score (nSPS) is 22.2. The Morgan fingerprint density at radius 2 is 1.93 bits per heavy atom. The van der Waals surface area contributed by atoms with E-state index in [4.69, 9.17) is 18.9 Å². The summed E-state index contributed by atoms with van der Waals surface area (Å²) in [7, 11) is 3.17. The maximum Gasteiger partial charge on any atom is 0.336 e. The molecule has 2 heterocycles. The predicted octanol–water partition coefficient (Wildman–Crippen LogP) is 5.00. The number of Topliss-reactive ketones (excluding diaryl/α,β-unsaturated/α-hetero) is 1. The fourth-order valence-corrected chi connectivity index (χ4v) is 6.05. The molecule has 2 aliphatic heterocycles. The number of dihydropyridines is 1. The van der Waals surface area contributed by atoms with Crippen LogP contribution in [0, 0.1) is 17.0 Å². The first kappa shape index (κ1) is 28.4. The minimum atomic E-state index is -0.816. The van der Waals surface area contributed by atoms with Gasteiger partial charge in [-0.05, 0) is 56.9 Å². The van der Waals surface area contributed by atoms with Crippen LogP contribution in [0.2, 0.25) is 0 Å². The van der Waals surface area contributed by atoms with Gasteiger partial charge in [0.1, 0.15) is 18.1 Å². The van der Waals surface area contributed by atoms with Crippen LogP contribution in [0.1, 0.15) is 61.1 Å². The molecule has 0 bridgehead atoms. The van der Waals surface area contributed by atoms with Crippen molar-refractivity contribution in [1.82, 2.24) is 5.32 Å². The Morgan fingerprint density at radius 3 is 2.61 bits per heavy atom. The van der Waals surface area contributed by atoms with Crippen molar-refractivity contribution in [3.05, 3.63) is 85.7 Å². The Labute approximate surface area is 238 Å².